The van der Waals surface area contributed by atoms with Crippen LogP contribution in [0.3, 0.4) is 0 Å². The molecule has 1 aromatic carbocycles. The third kappa shape index (κ3) is 4.43. The molecule has 1 N–H and O–H groups in total. The number of amides is 1. The van der Waals surface area contributed by atoms with Gasteiger partial charge in [-0.1, -0.05) is 29.8 Å². The second-order valence-corrected chi connectivity index (χ2v) is 4.75. The molecule has 0 aromatic heterocycles. The molecule has 0 aliphatic heterocycles. The molecule has 0 heterocycles. The Balaban J connectivity index is 2.75. The standard InChI is InChI=1S/C13H13Cl2NO4/c1-7(2)11(12(17)19-3)20-13(18)16-10-5-4-8(14)6-9(10)15/h4-6,11H,1H2,2-3H3,(H,16,18). The normalized spacial score (nSPS) is 11.4. The van der Waals surface area contributed by atoms with Crippen molar-refractivity contribution in [1.82, 2.24) is 0 Å². The van der Waals surface area contributed by atoms with E-state index in [0.717, 1.165) is 0 Å². The Morgan fingerprint density at radius 3 is 2.50 bits per heavy atom. The molecule has 0 radical (unpaired) electrons. The lowest BCUT2D eigenvalue weighted by atomic mass is 10.2. The Labute approximate surface area is 126 Å². The fourth-order valence-corrected chi connectivity index (χ4v) is 1.75. The minimum Gasteiger partial charge on any atom is -0.466 e. The van der Waals surface area contributed by atoms with Gasteiger partial charge in [0.15, 0.2) is 0 Å². The highest BCUT2D eigenvalue weighted by atomic mass is 35.5. The van der Waals surface area contributed by atoms with Gasteiger partial charge in [0, 0.05) is 5.02 Å². The predicted octanol–water partition coefficient (Wildman–Crippen LogP) is 3.66. The van der Waals surface area contributed by atoms with E-state index in [1.54, 1.807) is 13.0 Å². The van der Waals surface area contributed by atoms with E-state index in [1.165, 1.54) is 19.2 Å². The van der Waals surface area contributed by atoms with Crippen LogP contribution in [0.2, 0.25) is 10.0 Å². The molecule has 1 amide bonds. The summed E-state index contributed by atoms with van der Waals surface area (Å²) in [6.07, 6.45) is -2.03. The van der Waals surface area contributed by atoms with Gasteiger partial charge in [-0.2, -0.15) is 0 Å². The molecule has 0 spiro atoms. The molecule has 1 aromatic rings. The van der Waals surface area contributed by atoms with Crippen molar-refractivity contribution in [3.05, 3.63) is 40.4 Å². The zero-order chi connectivity index (χ0) is 15.3. The summed E-state index contributed by atoms with van der Waals surface area (Å²) in [5, 5.41) is 3.08. The Morgan fingerprint density at radius 2 is 2.00 bits per heavy atom. The first-order chi connectivity index (χ1) is 9.35. The van der Waals surface area contributed by atoms with Crippen LogP contribution in [-0.2, 0) is 14.3 Å². The lowest BCUT2D eigenvalue weighted by Crippen LogP contribution is -2.31. The van der Waals surface area contributed by atoms with Gasteiger partial charge in [0.25, 0.3) is 0 Å². The monoisotopic (exact) mass is 317 g/mol. The minimum atomic E-state index is -1.17. The van der Waals surface area contributed by atoms with Crippen molar-refractivity contribution in [2.24, 2.45) is 0 Å². The molecule has 7 heteroatoms. The Kier molecular flexibility index (Phi) is 5.85. The molecule has 0 saturated heterocycles. The van der Waals surface area contributed by atoms with E-state index < -0.39 is 18.2 Å². The number of nitrogens with one attached hydrogen (secondary N) is 1. The first kappa shape index (κ1) is 16.3. The fourth-order valence-electron chi connectivity index (χ4n) is 1.29. The summed E-state index contributed by atoms with van der Waals surface area (Å²) in [6, 6.07) is 4.54. The number of carbonyl (C=O) groups excluding carboxylic acids is 2. The number of halogens is 2. The highest BCUT2D eigenvalue weighted by Crippen LogP contribution is 2.25. The zero-order valence-corrected chi connectivity index (χ0v) is 12.4. The molecule has 0 aliphatic carbocycles. The van der Waals surface area contributed by atoms with Gasteiger partial charge in [-0.25, -0.2) is 9.59 Å². The molecule has 5 nitrogen and oxygen atoms in total. The van der Waals surface area contributed by atoms with Crippen LogP contribution in [0.1, 0.15) is 6.92 Å². The molecule has 1 rings (SSSR count). The molecule has 0 aliphatic rings. The summed E-state index contributed by atoms with van der Waals surface area (Å²) < 4.78 is 9.45. The first-order valence-corrected chi connectivity index (χ1v) is 6.26. The molecular weight excluding hydrogens is 305 g/mol. The van der Waals surface area contributed by atoms with Crippen molar-refractivity contribution in [3.63, 3.8) is 0 Å². The van der Waals surface area contributed by atoms with Gasteiger partial charge < -0.3 is 9.47 Å². The van der Waals surface area contributed by atoms with Gasteiger partial charge in [-0.05, 0) is 30.7 Å². The molecule has 20 heavy (non-hydrogen) atoms. The Bertz CT molecular complexity index is 545. The van der Waals surface area contributed by atoms with Crippen LogP contribution in [0.25, 0.3) is 0 Å². The van der Waals surface area contributed by atoms with Crippen LogP contribution in [0.4, 0.5) is 10.5 Å². The molecule has 1 atom stereocenters. The predicted molar refractivity (Wildman–Crippen MR) is 77.2 cm³/mol. The summed E-state index contributed by atoms with van der Waals surface area (Å²) in [6.45, 7) is 5.11. The van der Waals surface area contributed by atoms with Crippen LogP contribution >= 0.6 is 23.2 Å². The van der Waals surface area contributed by atoms with Crippen molar-refractivity contribution in [3.8, 4) is 0 Å². The summed E-state index contributed by atoms with van der Waals surface area (Å²) in [7, 11) is 1.19. The molecular formula is C13H13Cl2NO4. The fraction of sp³-hybridized carbons (Fsp3) is 0.231. The maximum atomic E-state index is 11.7. The van der Waals surface area contributed by atoms with Gasteiger partial charge >= 0.3 is 12.1 Å². The van der Waals surface area contributed by atoms with Crippen LogP contribution in [-0.4, -0.2) is 25.3 Å². The van der Waals surface area contributed by atoms with Gasteiger partial charge in [0.1, 0.15) is 0 Å². The van der Waals surface area contributed by atoms with Crippen molar-refractivity contribution < 1.29 is 19.1 Å². The minimum absolute atomic E-state index is 0.249. The number of carbonyl (C=O) groups is 2. The van der Waals surface area contributed by atoms with E-state index in [-0.39, 0.29) is 5.02 Å². The molecule has 0 fully saturated rings. The summed E-state index contributed by atoms with van der Waals surface area (Å²) >= 11 is 11.6. The number of hydrogen-bond acceptors (Lipinski definition) is 4. The average Bonchev–Trinajstić information content (AvgIpc) is 2.38. The third-order valence-electron chi connectivity index (χ3n) is 2.26. The van der Waals surface area contributed by atoms with Gasteiger partial charge in [-0.3, -0.25) is 5.32 Å². The second kappa shape index (κ2) is 7.17. The summed E-state index contributed by atoms with van der Waals surface area (Å²) in [5.41, 5.74) is 0.653. The van der Waals surface area contributed by atoms with Gasteiger partial charge in [-0.15, -0.1) is 0 Å². The number of anilines is 1. The summed E-state index contributed by atoms with van der Waals surface area (Å²) in [5.74, 6) is -0.713. The first-order valence-electron chi connectivity index (χ1n) is 5.51. The van der Waals surface area contributed by atoms with E-state index in [2.05, 4.69) is 16.6 Å². The number of esters is 1. The van der Waals surface area contributed by atoms with Crippen molar-refractivity contribution in [1.29, 1.82) is 0 Å². The number of hydrogen-bond donors (Lipinski definition) is 1. The van der Waals surface area contributed by atoms with Gasteiger partial charge in [0.2, 0.25) is 6.10 Å². The van der Waals surface area contributed by atoms with Crippen LogP contribution < -0.4 is 5.32 Å². The average molecular weight is 318 g/mol. The number of rotatable bonds is 4. The van der Waals surface area contributed by atoms with Crippen LogP contribution in [0.15, 0.2) is 30.4 Å². The number of ether oxygens (including phenoxy) is 2. The molecule has 0 bridgehead atoms. The topological polar surface area (TPSA) is 64.6 Å². The SMILES string of the molecule is C=C(C)C(OC(=O)Nc1ccc(Cl)cc1Cl)C(=O)OC. The van der Waals surface area contributed by atoms with E-state index in [1.807, 2.05) is 0 Å². The van der Waals surface area contributed by atoms with Crippen molar-refractivity contribution >= 4 is 41.0 Å². The maximum Gasteiger partial charge on any atom is 0.412 e. The highest BCUT2D eigenvalue weighted by molar-refractivity contribution is 6.36. The van der Waals surface area contributed by atoms with E-state index >= 15 is 0 Å². The lowest BCUT2D eigenvalue weighted by molar-refractivity contribution is -0.148. The van der Waals surface area contributed by atoms with E-state index in [9.17, 15) is 9.59 Å². The van der Waals surface area contributed by atoms with Crippen LogP contribution in [0.5, 0.6) is 0 Å². The second-order valence-electron chi connectivity index (χ2n) is 3.90. The number of benzene rings is 1. The van der Waals surface area contributed by atoms with Gasteiger partial charge in [0.05, 0.1) is 17.8 Å². The van der Waals surface area contributed by atoms with E-state index in [4.69, 9.17) is 27.9 Å². The maximum absolute atomic E-state index is 11.7. The van der Waals surface area contributed by atoms with Crippen molar-refractivity contribution in [2.45, 2.75) is 13.0 Å². The Morgan fingerprint density at radius 1 is 1.35 bits per heavy atom. The Hall–Kier alpha value is -1.72. The van der Waals surface area contributed by atoms with Crippen LogP contribution in [0, 0.1) is 0 Å². The third-order valence-corrected chi connectivity index (χ3v) is 2.80. The smallest absolute Gasteiger partial charge is 0.412 e. The number of methoxy groups -OCH3 is 1. The zero-order valence-electron chi connectivity index (χ0n) is 10.9. The van der Waals surface area contributed by atoms with Crippen molar-refractivity contribution in [2.75, 3.05) is 12.4 Å². The highest BCUT2D eigenvalue weighted by Gasteiger charge is 2.24. The molecule has 108 valence electrons. The molecule has 1 unspecified atom stereocenters. The van der Waals surface area contributed by atoms with E-state index in [0.29, 0.717) is 16.3 Å². The largest absolute Gasteiger partial charge is 0.466 e. The lowest BCUT2D eigenvalue weighted by Gasteiger charge is -2.16. The summed E-state index contributed by atoms with van der Waals surface area (Å²) in [4.78, 5) is 23.1. The molecule has 0 saturated carbocycles. The quantitative estimate of drug-likeness (QED) is 0.680.